The lowest BCUT2D eigenvalue weighted by Crippen LogP contribution is -2.23. The normalized spacial score (nSPS) is 10.8. The van der Waals surface area contributed by atoms with Gasteiger partial charge in [0.05, 0.1) is 0 Å². The van der Waals surface area contributed by atoms with Crippen LogP contribution in [0.5, 0.6) is 5.75 Å². The second kappa shape index (κ2) is 6.42. The van der Waals surface area contributed by atoms with E-state index in [4.69, 9.17) is 10.5 Å². The summed E-state index contributed by atoms with van der Waals surface area (Å²) in [6, 6.07) is 9.68. The molecule has 0 spiro atoms. The van der Waals surface area contributed by atoms with Crippen LogP contribution in [0.4, 0.5) is 5.69 Å². The molecule has 0 saturated heterocycles. The fourth-order valence-corrected chi connectivity index (χ4v) is 2.36. The zero-order valence-electron chi connectivity index (χ0n) is 10.5. The smallest absolute Gasteiger partial charge is 0.121 e. The van der Waals surface area contributed by atoms with Crippen molar-refractivity contribution < 1.29 is 4.74 Å². The van der Waals surface area contributed by atoms with Gasteiger partial charge in [0, 0.05) is 24.8 Å². The number of hydrogen-bond acceptors (Lipinski definition) is 4. The van der Waals surface area contributed by atoms with E-state index >= 15 is 0 Å². The van der Waals surface area contributed by atoms with E-state index in [9.17, 15) is 0 Å². The zero-order valence-corrected chi connectivity index (χ0v) is 11.3. The van der Waals surface area contributed by atoms with Crippen molar-refractivity contribution in [2.24, 2.45) is 0 Å². The van der Waals surface area contributed by atoms with E-state index in [1.165, 1.54) is 5.56 Å². The van der Waals surface area contributed by atoms with Crippen LogP contribution in [0, 0.1) is 0 Å². The van der Waals surface area contributed by atoms with Crippen molar-refractivity contribution in [2.45, 2.75) is 6.54 Å². The van der Waals surface area contributed by atoms with E-state index in [0.29, 0.717) is 6.61 Å². The van der Waals surface area contributed by atoms with Crippen LogP contribution in [-0.4, -0.2) is 25.1 Å². The molecule has 2 aromatic rings. The maximum Gasteiger partial charge on any atom is 0.121 e. The monoisotopic (exact) mass is 262 g/mol. The van der Waals surface area contributed by atoms with E-state index in [1.54, 1.807) is 11.3 Å². The Morgan fingerprint density at radius 3 is 2.94 bits per heavy atom. The van der Waals surface area contributed by atoms with Crippen LogP contribution in [0.15, 0.2) is 41.1 Å². The minimum absolute atomic E-state index is 0.671. The molecule has 0 amide bonds. The third-order valence-corrected chi connectivity index (χ3v) is 3.36. The van der Waals surface area contributed by atoms with Crippen LogP contribution in [0.3, 0.4) is 0 Å². The molecule has 3 nitrogen and oxygen atoms in total. The van der Waals surface area contributed by atoms with Gasteiger partial charge in [0.2, 0.25) is 0 Å². The van der Waals surface area contributed by atoms with Gasteiger partial charge in [-0.1, -0.05) is 6.07 Å². The molecule has 1 aromatic heterocycles. The summed E-state index contributed by atoms with van der Waals surface area (Å²) in [5.74, 6) is 0.832. The third-order valence-electron chi connectivity index (χ3n) is 2.63. The summed E-state index contributed by atoms with van der Waals surface area (Å²) in [7, 11) is 2.10. The van der Waals surface area contributed by atoms with E-state index < -0.39 is 0 Å². The SMILES string of the molecule is CN(CCOc1cccc(N)c1)Cc1ccsc1. The van der Waals surface area contributed by atoms with Crippen LogP contribution in [0.1, 0.15) is 5.56 Å². The van der Waals surface area contributed by atoms with Crippen molar-refractivity contribution in [1.82, 2.24) is 4.90 Å². The second-order valence-electron chi connectivity index (χ2n) is 4.29. The van der Waals surface area contributed by atoms with E-state index in [1.807, 2.05) is 24.3 Å². The van der Waals surface area contributed by atoms with Gasteiger partial charge in [0.25, 0.3) is 0 Å². The highest BCUT2D eigenvalue weighted by molar-refractivity contribution is 7.07. The topological polar surface area (TPSA) is 38.5 Å². The van der Waals surface area contributed by atoms with Crippen LogP contribution >= 0.6 is 11.3 Å². The van der Waals surface area contributed by atoms with Crippen molar-refractivity contribution in [3.63, 3.8) is 0 Å². The Bertz CT molecular complexity index is 470. The molecule has 96 valence electrons. The first kappa shape index (κ1) is 12.9. The predicted molar refractivity (Wildman–Crippen MR) is 77.0 cm³/mol. The Hall–Kier alpha value is -1.52. The van der Waals surface area contributed by atoms with E-state index in [2.05, 4.69) is 28.8 Å². The summed E-state index contributed by atoms with van der Waals surface area (Å²) in [6.07, 6.45) is 0. The molecule has 18 heavy (non-hydrogen) atoms. The molecule has 0 aliphatic rings. The molecule has 0 radical (unpaired) electrons. The number of nitrogens with zero attached hydrogens (tertiary/aromatic N) is 1. The number of rotatable bonds is 6. The third kappa shape index (κ3) is 4.05. The summed E-state index contributed by atoms with van der Waals surface area (Å²) in [5, 5.41) is 4.28. The highest BCUT2D eigenvalue weighted by Crippen LogP contribution is 2.14. The Morgan fingerprint density at radius 2 is 2.22 bits per heavy atom. The quantitative estimate of drug-likeness (QED) is 0.814. The molecular formula is C14H18N2OS. The number of ether oxygens (including phenoxy) is 1. The van der Waals surface area contributed by atoms with Crippen LogP contribution in [-0.2, 0) is 6.54 Å². The Kier molecular flexibility index (Phi) is 4.61. The Balaban J connectivity index is 1.72. The van der Waals surface area contributed by atoms with Crippen molar-refractivity contribution >= 4 is 17.0 Å². The molecular weight excluding hydrogens is 244 g/mol. The highest BCUT2D eigenvalue weighted by atomic mass is 32.1. The number of likely N-dealkylation sites (N-methyl/N-ethyl adjacent to an activating group) is 1. The first-order chi connectivity index (χ1) is 8.74. The van der Waals surface area contributed by atoms with Crippen molar-refractivity contribution in [3.05, 3.63) is 46.7 Å². The van der Waals surface area contributed by atoms with Crippen molar-refractivity contribution in [3.8, 4) is 5.75 Å². The van der Waals surface area contributed by atoms with Crippen LogP contribution in [0.2, 0.25) is 0 Å². The number of nitrogen functional groups attached to an aromatic ring is 1. The van der Waals surface area contributed by atoms with Crippen molar-refractivity contribution in [1.29, 1.82) is 0 Å². The number of nitrogens with two attached hydrogens (primary N) is 1. The standard InChI is InChI=1S/C14H18N2OS/c1-16(10-12-5-8-18-11-12)6-7-17-14-4-2-3-13(15)9-14/h2-5,8-9,11H,6-7,10,15H2,1H3. The van der Waals surface area contributed by atoms with Gasteiger partial charge in [0.1, 0.15) is 12.4 Å². The van der Waals surface area contributed by atoms with Gasteiger partial charge in [-0.15, -0.1) is 0 Å². The van der Waals surface area contributed by atoms with Crippen molar-refractivity contribution in [2.75, 3.05) is 25.9 Å². The van der Waals surface area contributed by atoms with Gasteiger partial charge in [-0.05, 0) is 41.6 Å². The van der Waals surface area contributed by atoms with Gasteiger partial charge in [0.15, 0.2) is 0 Å². The number of thiophene rings is 1. The van der Waals surface area contributed by atoms with E-state index in [0.717, 1.165) is 24.5 Å². The fraction of sp³-hybridized carbons (Fsp3) is 0.286. The largest absolute Gasteiger partial charge is 0.492 e. The average Bonchev–Trinajstić information content (AvgIpc) is 2.82. The highest BCUT2D eigenvalue weighted by Gasteiger charge is 2.01. The minimum Gasteiger partial charge on any atom is -0.492 e. The number of hydrogen-bond donors (Lipinski definition) is 1. The molecule has 0 unspecified atom stereocenters. The van der Waals surface area contributed by atoms with Gasteiger partial charge in [-0.3, -0.25) is 4.90 Å². The zero-order chi connectivity index (χ0) is 12.8. The van der Waals surface area contributed by atoms with E-state index in [-0.39, 0.29) is 0 Å². The summed E-state index contributed by atoms with van der Waals surface area (Å²) in [4.78, 5) is 2.24. The molecule has 1 heterocycles. The number of benzene rings is 1. The van der Waals surface area contributed by atoms with Gasteiger partial charge < -0.3 is 10.5 Å². The Morgan fingerprint density at radius 1 is 1.33 bits per heavy atom. The molecule has 0 aliphatic heterocycles. The second-order valence-corrected chi connectivity index (χ2v) is 5.07. The van der Waals surface area contributed by atoms with Crippen LogP contribution < -0.4 is 10.5 Å². The minimum atomic E-state index is 0.671. The van der Waals surface area contributed by atoms with Gasteiger partial charge >= 0.3 is 0 Å². The molecule has 0 bridgehead atoms. The molecule has 0 atom stereocenters. The van der Waals surface area contributed by atoms with Gasteiger partial charge in [-0.2, -0.15) is 11.3 Å². The Labute approximate surface area is 112 Å². The lowest BCUT2D eigenvalue weighted by atomic mass is 10.3. The lowest BCUT2D eigenvalue weighted by molar-refractivity contribution is 0.233. The summed E-state index contributed by atoms with van der Waals surface area (Å²) in [6.45, 7) is 2.53. The molecule has 1 aromatic carbocycles. The summed E-state index contributed by atoms with van der Waals surface area (Å²) >= 11 is 1.73. The molecule has 2 N–H and O–H groups in total. The van der Waals surface area contributed by atoms with Gasteiger partial charge in [-0.25, -0.2) is 0 Å². The predicted octanol–water partition coefficient (Wildman–Crippen LogP) is 2.84. The fourth-order valence-electron chi connectivity index (χ4n) is 1.70. The number of anilines is 1. The summed E-state index contributed by atoms with van der Waals surface area (Å²) in [5.41, 5.74) is 7.78. The maximum atomic E-state index is 5.69. The average molecular weight is 262 g/mol. The molecule has 0 fully saturated rings. The summed E-state index contributed by atoms with van der Waals surface area (Å²) < 4.78 is 5.66. The first-order valence-corrected chi connectivity index (χ1v) is 6.86. The lowest BCUT2D eigenvalue weighted by Gasteiger charge is -2.16. The molecule has 0 aliphatic carbocycles. The molecule has 0 saturated carbocycles. The first-order valence-electron chi connectivity index (χ1n) is 5.92. The molecule has 2 rings (SSSR count). The molecule has 4 heteroatoms. The maximum absolute atomic E-state index is 5.69. The van der Waals surface area contributed by atoms with Crippen LogP contribution in [0.25, 0.3) is 0 Å².